The van der Waals surface area contributed by atoms with Crippen LogP contribution in [0.4, 0.5) is 5.69 Å². The number of anilines is 1. The van der Waals surface area contributed by atoms with E-state index in [0.717, 1.165) is 23.2 Å². The molecule has 2 aromatic carbocycles. The van der Waals surface area contributed by atoms with Crippen molar-refractivity contribution in [2.45, 2.75) is 33.6 Å². The topological polar surface area (TPSA) is 29.1 Å². The molecule has 0 bridgehead atoms. The van der Waals surface area contributed by atoms with Crippen LogP contribution in [0.5, 0.6) is 0 Å². The van der Waals surface area contributed by atoms with Gasteiger partial charge in [-0.3, -0.25) is 4.79 Å². The molecule has 3 heteroatoms. The van der Waals surface area contributed by atoms with E-state index < -0.39 is 0 Å². The lowest BCUT2D eigenvalue weighted by molar-refractivity contribution is -0.116. The standard InChI is InChI=1S/C18H20ClNO/c1-12-4-6-15(7-5-12)8-9-17(21)20-18-14(3)10-13(2)11-16(18)19/h4-7,10-11H,8-9H2,1-3H3,(H,20,21). The van der Waals surface area contributed by atoms with Gasteiger partial charge in [-0.05, 0) is 49.9 Å². The van der Waals surface area contributed by atoms with E-state index in [-0.39, 0.29) is 5.91 Å². The molecule has 0 aromatic heterocycles. The van der Waals surface area contributed by atoms with E-state index in [2.05, 4.69) is 36.5 Å². The molecule has 0 saturated carbocycles. The second-order valence-corrected chi connectivity index (χ2v) is 5.88. The molecule has 2 aromatic rings. The largest absolute Gasteiger partial charge is 0.325 e. The maximum Gasteiger partial charge on any atom is 0.224 e. The SMILES string of the molecule is Cc1ccc(CCC(=O)Nc2c(C)cc(C)cc2Cl)cc1. The molecule has 1 N–H and O–H groups in total. The first-order valence-electron chi connectivity index (χ1n) is 7.08. The second kappa shape index (κ2) is 6.77. The van der Waals surface area contributed by atoms with Crippen LogP contribution < -0.4 is 5.32 Å². The summed E-state index contributed by atoms with van der Waals surface area (Å²) in [7, 11) is 0. The number of carbonyl (C=O) groups is 1. The molecule has 0 spiro atoms. The zero-order valence-electron chi connectivity index (χ0n) is 12.7. The molecule has 0 heterocycles. The second-order valence-electron chi connectivity index (χ2n) is 5.47. The minimum atomic E-state index is -0.00979. The third-order valence-corrected chi connectivity index (χ3v) is 3.76. The van der Waals surface area contributed by atoms with Crippen LogP contribution in [0.15, 0.2) is 36.4 Å². The fourth-order valence-electron chi connectivity index (χ4n) is 2.29. The van der Waals surface area contributed by atoms with Crippen molar-refractivity contribution in [2.75, 3.05) is 5.32 Å². The number of aryl methyl sites for hydroxylation is 4. The molecule has 21 heavy (non-hydrogen) atoms. The van der Waals surface area contributed by atoms with Gasteiger partial charge in [0.1, 0.15) is 0 Å². The average Bonchev–Trinajstić information content (AvgIpc) is 2.42. The van der Waals surface area contributed by atoms with Gasteiger partial charge in [-0.25, -0.2) is 0 Å². The van der Waals surface area contributed by atoms with Crippen LogP contribution in [0.2, 0.25) is 5.02 Å². The quantitative estimate of drug-likeness (QED) is 0.860. The molecule has 0 unspecified atom stereocenters. The van der Waals surface area contributed by atoms with Crippen molar-refractivity contribution in [1.82, 2.24) is 0 Å². The maximum atomic E-state index is 12.1. The van der Waals surface area contributed by atoms with Gasteiger partial charge in [0, 0.05) is 6.42 Å². The number of benzene rings is 2. The number of hydrogen-bond donors (Lipinski definition) is 1. The Morgan fingerprint density at radius 3 is 2.33 bits per heavy atom. The summed E-state index contributed by atoms with van der Waals surface area (Å²) < 4.78 is 0. The minimum absolute atomic E-state index is 0.00979. The molecule has 0 atom stereocenters. The summed E-state index contributed by atoms with van der Waals surface area (Å²) in [5, 5.41) is 3.51. The van der Waals surface area contributed by atoms with Gasteiger partial charge in [0.15, 0.2) is 0 Å². The minimum Gasteiger partial charge on any atom is -0.325 e. The van der Waals surface area contributed by atoms with E-state index in [1.807, 2.05) is 26.0 Å². The number of hydrogen-bond acceptors (Lipinski definition) is 1. The first-order chi connectivity index (χ1) is 9.95. The number of rotatable bonds is 4. The lowest BCUT2D eigenvalue weighted by atomic mass is 10.1. The molecule has 2 rings (SSSR count). The molecular weight excluding hydrogens is 282 g/mol. The molecule has 110 valence electrons. The van der Waals surface area contributed by atoms with Crippen LogP contribution in [0, 0.1) is 20.8 Å². The fourth-order valence-corrected chi connectivity index (χ4v) is 2.66. The smallest absolute Gasteiger partial charge is 0.224 e. The predicted molar refractivity (Wildman–Crippen MR) is 89.1 cm³/mol. The van der Waals surface area contributed by atoms with Gasteiger partial charge < -0.3 is 5.32 Å². The highest BCUT2D eigenvalue weighted by atomic mass is 35.5. The third kappa shape index (κ3) is 4.33. The van der Waals surface area contributed by atoms with Crippen LogP contribution in [0.1, 0.15) is 28.7 Å². The Labute approximate surface area is 131 Å². The van der Waals surface area contributed by atoms with Crippen molar-refractivity contribution in [3.63, 3.8) is 0 Å². The van der Waals surface area contributed by atoms with Crippen LogP contribution in [0.25, 0.3) is 0 Å². The van der Waals surface area contributed by atoms with Gasteiger partial charge in [-0.15, -0.1) is 0 Å². The van der Waals surface area contributed by atoms with Crippen LogP contribution >= 0.6 is 11.6 Å². The first kappa shape index (κ1) is 15.6. The Balaban J connectivity index is 1.97. The van der Waals surface area contributed by atoms with Gasteiger partial charge in [-0.1, -0.05) is 47.5 Å². The summed E-state index contributed by atoms with van der Waals surface area (Å²) in [5.74, 6) is -0.00979. The van der Waals surface area contributed by atoms with Crippen molar-refractivity contribution in [2.24, 2.45) is 0 Å². The number of halogens is 1. The number of amides is 1. The highest BCUT2D eigenvalue weighted by molar-refractivity contribution is 6.34. The Morgan fingerprint density at radius 2 is 1.71 bits per heavy atom. The molecule has 2 nitrogen and oxygen atoms in total. The Morgan fingerprint density at radius 1 is 1.05 bits per heavy atom. The Kier molecular flexibility index (Phi) is 5.03. The van der Waals surface area contributed by atoms with Gasteiger partial charge in [0.2, 0.25) is 5.91 Å². The van der Waals surface area contributed by atoms with E-state index in [0.29, 0.717) is 11.4 Å². The molecule has 0 saturated heterocycles. The van der Waals surface area contributed by atoms with E-state index in [1.165, 1.54) is 11.1 Å². The van der Waals surface area contributed by atoms with E-state index in [4.69, 9.17) is 11.6 Å². The van der Waals surface area contributed by atoms with Gasteiger partial charge in [0.05, 0.1) is 10.7 Å². The van der Waals surface area contributed by atoms with Crippen molar-refractivity contribution in [3.05, 3.63) is 63.7 Å². The average molecular weight is 302 g/mol. The van der Waals surface area contributed by atoms with Gasteiger partial charge in [-0.2, -0.15) is 0 Å². The fraction of sp³-hybridized carbons (Fsp3) is 0.278. The summed E-state index contributed by atoms with van der Waals surface area (Å²) in [6, 6.07) is 12.1. The van der Waals surface area contributed by atoms with E-state index in [1.54, 1.807) is 0 Å². The lowest BCUT2D eigenvalue weighted by Gasteiger charge is -2.11. The zero-order valence-corrected chi connectivity index (χ0v) is 13.4. The molecular formula is C18H20ClNO. The highest BCUT2D eigenvalue weighted by Gasteiger charge is 2.09. The predicted octanol–water partition coefficient (Wildman–Crippen LogP) is 4.84. The van der Waals surface area contributed by atoms with Crippen molar-refractivity contribution in [3.8, 4) is 0 Å². The Bertz CT molecular complexity index is 624. The summed E-state index contributed by atoms with van der Waals surface area (Å²) in [5.41, 5.74) is 5.20. The molecule has 0 fully saturated rings. The lowest BCUT2D eigenvalue weighted by Crippen LogP contribution is -2.13. The number of nitrogens with one attached hydrogen (secondary N) is 1. The van der Waals surface area contributed by atoms with Crippen LogP contribution in [0.3, 0.4) is 0 Å². The highest BCUT2D eigenvalue weighted by Crippen LogP contribution is 2.27. The van der Waals surface area contributed by atoms with Crippen LogP contribution in [-0.4, -0.2) is 5.91 Å². The third-order valence-electron chi connectivity index (χ3n) is 3.46. The normalized spacial score (nSPS) is 10.5. The Hall–Kier alpha value is -1.80. The number of carbonyl (C=O) groups excluding carboxylic acids is 1. The monoisotopic (exact) mass is 301 g/mol. The van der Waals surface area contributed by atoms with Gasteiger partial charge in [0.25, 0.3) is 0 Å². The van der Waals surface area contributed by atoms with E-state index >= 15 is 0 Å². The first-order valence-corrected chi connectivity index (χ1v) is 7.45. The zero-order chi connectivity index (χ0) is 15.4. The molecule has 0 radical (unpaired) electrons. The summed E-state index contributed by atoms with van der Waals surface area (Å²) in [6.07, 6.45) is 1.18. The van der Waals surface area contributed by atoms with Crippen molar-refractivity contribution < 1.29 is 4.79 Å². The van der Waals surface area contributed by atoms with Gasteiger partial charge >= 0.3 is 0 Å². The molecule has 0 aliphatic rings. The summed E-state index contributed by atoms with van der Waals surface area (Å²) >= 11 is 6.20. The maximum absolute atomic E-state index is 12.1. The van der Waals surface area contributed by atoms with Crippen molar-refractivity contribution in [1.29, 1.82) is 0 Å². The van der Waals surface area contributed by atoms with Crippen LogP contribution in [-0.2, 0) is 11.2 Å². The molecule has 0 aliphatic carbocycles. The van der Waals surface area contributed by atoms with E-state index in [9.17, 15) is 4.79 Å². The van der Waals surface area contributed by atoms with Crippen molar-refractivity contribution >= 4 is 23.2 Å². The molecule has 1 amide bonds. The summed E-state index contributed by atoms with van der Waals surface area (Å²) in [6.45, 7) is 6.00. The summed E-state index contributed by atoms with van der Waals surface area (Å²) in [4.78, 5) is 12.1. The molecule has 0 aliphatic heterocycles.